The fourth-order valence-corrected chi connectivity index (χ4v) is 2.74. The minimum Gasteiger partial charge on any atom is -0.479 e. The van der Waals surface area contributed by atoms with Gasteiger partial charge in [0.15, 0.2) is 6.10 Å². The molecule has 28 heavy (non-hydrogen) atoms. The van der Waals surface area contributed by atoms with Gasteiger partial charge in [0.25, 0.3) is 0 Å². The number of carbonyl (C=O) groups excluding carboxylic acids is 1. The number of hydrogen-bond donors (Lipinski definition) is 0. The Morgan fingerprint density at radius 3 is 2.04 bits per heavy atom. The number of benzene rings is 2. The van der Waals surface area contributed by atoms with E-state index < -0.39 is 12.1 Å². The molecule has 0 saturated carbocycles. The molecule has 1 unspecified atom stereocenters. The van der Waals surface area contributed by atoms with Crippen LogP contribution in [0.25, 0.3) is 0 Å². The van der Waals surface area contributed by atoms with E-state index in [9.17, 15) is 4.79 Å². The van der Waals surface area contributed by atoms with Crippen LogP contribution in [0.1, 0.15) is 40.5 Å². The zero-order valence-electron chi connectivity index (χ0n) is 16.6. The fraction of sp³-hybridized carbons (Fsp3) is 0.364. The second-order valence-electron chi connectivity index (χ2n) is 6.81. The predicted octanol–water partition coefficient (Wildman–Crippen LogP) is 6.21. The molecule has 2 aromatic carbocycles. The molecule has 0 aliphatic heterocycles. The molecule has 0 N–H and O–H groups in total. The Balaban J connectivity index is 1.89. The third-order valence-corrected chi connectivity index (χ3v) is 4.55. The molecule has 0 fully saturated rings. The Morgan fingerprint density at radius 2 is 1.50 bits per heavy atom. The second-order valence-corrected chi connectivity index (χ2v) is 8.05. The lowest BCUT2D eigenvalue weighted by atomic mass is 10.1. The monoisotopic (exact) mass is 495 g/mol. The molecule has 0 saturated heterocycles. The Bertz CT molecular complexity index is 785. The number of carbonyl (C=O) groups is 1. The van der Waals surface area contributed by atoms with Crippen LogP contribution in [0.4, 0.5) is 0 Å². The molecule has 0 aliphatic carbocycles. The van der Waals surface area contributed by atoms with Gasteiger partial charge in [0.2, 0.25) is 0 Å². The molecule has 5 nitrogen and oxygen atoms in total. The lowest BCUT2D eigenvalue weighted by Crippen LogP contribution is -2.25. The molecule has 0 aromatic heterocycles. The van der Waals surface area contributed by atoms with E-state index in [0.717, 1.165) is 27.9 Å². The standard InChI is InChI=1S/C22H26INO4/c1-5-18(14-15(2)3)24-28-22(25)16(4)26-19-10-12-21(13-11-19)27-20-8-6-17(23)7-9-20/h6-13,15-16H,5,14H2,1-4H3. The van der Waals surface area contributed by atoms with Crippen molar-refractivity contribution in [1.29, 1.82) is 0 Å². The van der Waals surface area contributed by atoms with Crippen LogP contribution in [0, 0.1) is 9.49 Å². The van der Waals surface area contributed by atoms with Gasteiger partial charge < -0.3 is 14.3 Å². The van der Waals surface area contributed by atoms with E-state index in [-0.39, 0.29) is 0 Å². The lowest BCUT2D eigenvalue weighted by Gasteiger charge is -2.13. The van der Waals surface area contributed by atoms with Crippen LogP contribution in [-0.2, 0) is 9.63 Å². The maximum Gasteiger partial charge on any atom is 0.374 e. The highest BCUT2D eigenvalue weighted by atomic mass is 127. The van der Waals surface area contributed by atoms with Gasteiger partial charge in [0.05, 0.1) is 5.71 Å². The average Bonchev–Trinajstić information content (AvgIpc) is 2.67. The maximum absolute atomic E-state index is 12.1. The average molecular weight is 495 g/mol. The van der Waals surface area contributed by atoms with Crippen molar-refractivity contribution >= 4 is 34.3 Å². The first-order valence-electron chi connectivity index (χ1n) is 9.34. The fourth-order valence-electron chi connectivity index (χ4n) is 2.38. The molecule has 2 rings (SSSR count). The Labute approximate surface area is 180 Å². The van der Waals surface area contributed by atoms with Gasteiger partial charge in [-0.2, -0.15) is 0 Å². The summed E-state index contributed by atoms with van der Waals surface area (Å²) in [6.07, 6.45) is 0.799. The molecule has 6 heteroatoms. The van der Waals surface area contributed by atoms with Crippen LogP contribution >= 0.6 is 22.6 Å². The first kappa shape index (κ1) is 22.2. The van der Waals surface area contributed by atoms with Crippen molar-refractivity contribution in [1.82, 2.24) is 0 Å². The number of ether oxygens (including phenoxy) is 2. The van der Waals surface area contributed by atoms with Gasteiger partial charge in [-0.05, 0) is 96.8 Å². The number of oxime groups is 1. The van der Waals surface area contributed by atoms with Crippen molar-refractivity contribution in [2.45, 2.75) is 46.6 Å². The molecule has 150 valence electrons. The van der Waals surface area contributed by atoms with Crippen molar-refractivity contribution in [2.24, 2.45) is 11.1 Å². The summed E-state index contributed by atoms with van der Waals surface area (Å²) in [6.45, 7) is 7.84. The second kappa shape index (κ2) is 11.0. The SMILES string of the molecule is CCC(CC(C)C)=NOC(=O)C(C)Oc1ccc(Oc2ccc(I)cc2)cc1. The van der Waals surface area contributed by atoms with Gasteiger partial charge >= 0.3 is 5.97 Å². The zero-order chi connectivity index (χ0) is 20.5. The normalized spacial score (nSPS) is 12.6. The van der Waals surface area contributed by atoms with E-state index in [1.54, 1.807) is 31.2 Å². The zero-order valence-corrected chi connectivity index (χ0v) is 18.8. The molecular weight excluding hydrogens is 469 g/mol. The molecule has 0 heterocycles. The summed E-state index contributed by atoms with van der Waals surface area (Å²) < 4.78 is 12.6. The molecule has 0 aliphatic rings. The van der Waals surface area contributed by atoms with E-state index in [1.807, 2.05) is 31.2 Å². The highest BCUT2D eigenvalue weighted by Gasteiger charge is 2.17. The Hall–Kier alpha value is -2.09. The summed E-state index contributed by atoms with van der Waals surface area (Å²) in [7, 11) is 0. The van der Waals surface area contributed by atoms with E-state index in [2.05, 4.69) is 41.6 Å². The van der Waals surface area contributed by atoms with Crippen LogP contribution in [0.2, 0.25) is 0 Å². The summed E-state index contributed by atoms with van der Waals surface area (Å²) in [5, 5.41) is 3.98. The van der Waals surface area contributed by atoms with Crippen molar-refractivity contribution in [3.63, 3.8) is 0 Å². The van der Waals surface area contributed by atoms with E-state index >= 15 is 0 Å². The van der Waals surface area contributed by atoms with Crippen LogP contribution in [0.15, 0.2) is 53.7 Å². The molecular formula is C22H26INO4. The van der Waals surface area contributed by atoms with Gasteiger partial charge in [0.1, 0.15) is 17.2 Å². The number of hydrogen-bond acceptors (Lipinski definition) is 5. The molecule has 0 radical (unpaired) electrons. The third kappa shape index (κ3) is 7.50. The van der Waals surface area contributed by atoms with Crippen LogP contribution in [-0.4, -0.2) is 17.8 Å². The van der Waals surface area contributed by atoms with Gasteiger partial charge in [-0.3, -0.25) is 0 Å². The van der Waals surface area contributed by atoms with Gasteiger partial charge in [-0.1, -0.05) is 25.9 Å². The number of nitrogens with zero attached hydrogens (tertiary/aromatic N) is 1. The van der Waals surface area contributed by atoms with Gasteiger partial charge in [-0.15, -0.1) is 0 Å². The predicted molar refractivity (Wildman–Crippen MR) is 119 cm³/mol. The van der Waals surface area contributed by atoms with Crippen LogP contribution in [0.5, 0.6) is 17.2 Å². The summed E-state index contributed by atoms with van der Waals surface area (Å²) in [5.74, 6) is 1.95. The number of halogens is 1. The number of rotatable bonds is 9. The maximum atomic E-state index is 12.1. The third-order valence-electron chi connectivity index (χ3n) is 3.83. The topological polar surface area (TPSA) is 57.1 Å². The Kier molecular flexibility index (Phi) is 8.76. The van der Waals surface area contributed by atoms with Gasteiger partial charge in [-0.25, -0.2) is 4.79 Å². The summed E-state index contributed by atoms with van der Waals surface area (Å²) in [5.41, 5.74) is 0.868. The smallest absolute Gasteiger partial charge is 0.374 e. The molecule has 0 bridgehead atoms. The van der Waals surface area contributed by atoms with Gasteiger partial charge in [0, 0.05) is 3.57 Å². The van der Waals surface area contributed by atoms with Crippen molar-refractivity contribution in [2.75, 3.05) is 0 Å². The largest absolute Gasteiger partial charge is 0.479 e. The van der Waals surface area contributed by atoms with E-state index in [4.69, 9.17) is 14.3 Å². The summed E-state index contributed by atoms with van der Waals surface area (Å²) in [4.78, 5) is 17.2. The summed E-state index contributed by atoms with van der Waals surface area (Å²) >= 11 is 2.25. The molecule has 2 aromatic rings. The van der Waals surface area contributed by atoms with Crippen LogP contribution in [0.3, 0.4) is 0 Å². The van der Waals surface area contributed by atoms with Crippen LogP contribution < -0.4 is 9.47 Å². The quantitative estimate of drug-likeness (QED) is 0.180. The van der Waals surface area contributed by atoms with E-state index in [1.165, 1.54) is 0 Å². The molecule has 1 atom stereocenters. The highest BCUT2D eigenvalue weighted by molar-refractivity contribution is 14.1. The molecule has 0 spiro atoms. The first-order valence-corrected chi connectivity index (χ1v) is 10.4. The van der Waals surface area contributed by atoms with E-state index in [0.29, 0.717) is 17.4 Å². The first-order chi connectivity index (χ1) is 13.4. The summed E-state index contributed by atoms with van der Waals surface area (Å²) in [6, 6.07) is 14.9. The highest BCUT2D eigenvalue weighted by Crippen LogP contribution is 2.25. The van der Waals surface area contributed by atoms with Crippen molar-refractivity contribution in [3.8, 4) is 17.2 Å². The van der Waals surface area contributed by atoms with Crippen molar-refractivity contribution < 1.29 is 19.1 Å². The molecule has 0 amide bonds. The minimum absolute atomic E-state index is 0.464. The Morgan fingerprint density at radius 1 is 0.964 bits per heavy atom. The minimum atomic E-state index is -0.760. The van der Waals surface area contributed by atoms with Crippen molar-refractivity contribution in [3.05, 3.63) is 52.1 Å². The lowest BCUT2D eigenvalue weighted by molar-refractivity contribution is -0.151.